The first-order valence-electron chi connectivity index (χ1n) is 12.5. The van der Waals surface area contributed by atoms with Crippen LogP contribution in [0.2, 0.25) is 0 Å². The number of amides is 2. The molecule has 2 aromatic carbocycles. The van der Waals surface area contributed by atoms with Gasteiger partial charge in [0.1, 0.15) is 11.3 Å². The summed E-state index contributed by atoms with van der Waals surface area (Å²) < 4.78 is 7.24. The lowest BCUT2D eigenvalue weighted by molar-refractivity contribution is -0.117. The highest BCUT2D eigenvalue weighted by molar-refractivity contribution is 6.00. The number of carbonyl (C=O) groups excluding carboxylic acids is 2. The van der Waals surface area contributed by atoms with Gasteiger partial charge in [-0.15, -0.1) is 0 Å². The van der Waals surface area contributed by atoms with Crippen LogP contribution in [0.15, 0.2) is 67.0 Å². The number of aromatic nitrogens is 3. The molecule has 0 aliphatic carbocycles. The summed E-state index contributed by atoms with van der Waals surface area (Å²) in [5, 5.41) is 7.41. The summed E-state index contributed by atoms with van der Waals surface area (Å²) >= 11 is 0. The number of fused-ring (bicyclic) bond motifs is 1. The van der Waals surface area contributed by atoms with Gasteiger partial charge >= 0.3 is 0 Å². The molecule has 1 saturated heterocycles. The molecule has 0 spiro atoms. The second-order valence-corrected chi connectivity index (χ2v) is 9.06. The van der Waals surface area contributed by atoms with Crippen LogP contribution < -0.4 is 10.1 Å². The van der Waals surface area contributed by atoms with Gasteiger partial charge in [-0.1, -0.05) is 17.7 Å². The smallest absolute Gasteiger partial charge is 0.259 e. The lowest BCUT2D eigenvalue weighted by Crippen LogP contribution is -2.50. The second-order valence-electron chi connectivity index (χ2n) is 9.06. The molecule has 9 heteroatoms. The zero-order chi connectivity index (χ0) is 25.8. The van der Waals surface area contributed by atoms with Crippen LogP contribution in [0, 0.1) is 6.92 Å². The monoisotopic (exact) mass is 498 g/mol. The maximum absolute atomic E-state index is 13.4. The third kappa shape index (κ3) is 5.46. The van der Waals surface area contributed by atoms with Crippen LogP contribution in [0.4, 0.5) is 5.69 Å². The highest BCUT2D eigenvalue weighted by Gasteiger charge is 2.26. The number of carbonyl (C=O) groups is 2. The van der Waals surface area contributed by atoms with Crippen LogP contribution in [-0.4, -0.2) is 75.5 Å². The van der Waals surface area contributed by atoms with E-state index in [1.807, 2.05) is 68.4 Å². The van der Waals surface area contributed by atoms with Gasteiger partial charge in [0.25, 0.3) is 5.91 Å². The Kier molecular flexibility index (Phi) is 7.14. The van der Waals surface area contributed by atoms with Crippen molar-refractivity contribution in [1.82, 2.24) is 24.4 Å². The number of anilines is 1. The van der Waals surface area contributed by atoms with Gasteiger partial charge in [0.05, 0.1) is 25.0 Å². The standard InChI is InChI=1S/C28H30N6O3/c1-3-37-23-10-6-21(7-11-23)25-12-13-29-27-24(18-30-34(25)27)28(36)33-16-14-32(15-17-33)19-26(35)31-22-8-4-20(2)5-9-22/h4-13,18H,3,14-17,19H2,1-2H3,(H,31,35). The number of piperazine rings is 1. The van der Waals surface area contributed by atoms with Crippen molar-refractivity contribution >= 4 is 23.1 Å². The van der Waals surface area contributed by atoms with Crippen molar-refractivity contribution in [3.63, 3.8) is 0 Å². The van der Waals surface area contributed by atoms with E-state index in [0.717, 1.165) is 28.3 Å². The molecule has 0 saturated carbocycles. The Labute approximate surface area is 215 Å². The van der Waals surface area contributed by atoms with E-state index in [-0.39, 0.29) is 11.8 Å². The number of nitrogens with zero attached hydrogens (tertiary/aromatic N) is 5. The quantitative estimate of drug-likeness (QED) is 0.419. The number of ether oxygens (including phenoxy) is 1. The first-order chi connectivity index (χ1) is 18.0. The molecule has 2 amide bonds. The normalized spacial score (nSPS) is 14.1. The fourth-order valence-electron chi connectivity index (χ4n) is 4.47. The zero-order valence-corrected chi connectivity index (χ0v) is 21.1. The summed E-state index contributed by atoms with van der Waals surface area (Å²) in [7, 11) is 0. The van der Waals surface area contributed by atoms with Crippen LogP contribution in [0.5, 0.6) is 5.75 Å². The van der Waals surface area contributed by atoms with Crippen LogP contribution in [0.3, 0.4) is 0 Å². The van der Waals surface area contributed by atoms with Gasteiger partial charge in [0, 0.05) is 43.6 Å². The molecule has 190 valence electrons. The van der Waals surface area contributed by atoms with E-state index in [1.54, 1.807) is 21.8 Å². The number of hydrogen-bond acceptors (Lipinski definition) is 6. The SMILES string of the molecule is CCOc1ccc(-c2ccnc3c(C(=O)N4CCN(CC(=O)Nc5ccc(C)cc5)CC4)cnn23)cc1. The fourth-order valence-corrected chi connectivity index (χ4v) is 4.47. The van der Waals surface area contributed by atoms with Crippen LogP contribution in [0.25, 0.3) is 16.9 Å². The molecular weight excluding hydrogens is 468 g/mol. The molecule has 1 aliphatic heterocycles. The maximum atomic E-state index is 13.4. The predicted molar refractivity (Wildman–Crippen MR) is 142 cm³/mol. The number of rotatable bonds is 7. The van der Waals surface area contributed by atoms with Crippen LogP contribution in [-0.2, 0) is 4.79 Å². The molecule has 37 heavy (non-hydrogen) atoms. The Morgan fingerprint density at radius 2 is 1.70 bits per heavy atom. The Hall–Kier alpha value is -4.24. The minimum atomic E-state index is -0.102. The molecule has 1 fully saturated rings. The predicted octanol–water partition coefficient (Wildman–Crippen LogP) is 3.50. The fraction of sp³-hybridized carbons (Fsp3) is 0.286. The zero-order valence-electron chi connectivity index (χ0n) is 21.1. The number of aryl methyl sites for hydroxylation is 1. The first kappa shape index (κ1) is 24.5. The second kappa shape index (κ2) is 10.8. The van der Waals surface area contributed by atoms with Gasteiger partial charge in [0.15, 0.2) is 5.65 Å². The van der Waals surface area contributed by atoms with Crippen molar-refractivity contribution in [3.05, 3.63) is 78.1 Å². The number of hydrogen-bond donors (Lipinski definition) is 1. The average Bonchev–Trinajstić information content (AvgIpc) is 3.35. The lowest BCUT2D eigenvalue weighted by Gasteiger charge is -2.34. The molecule has 1 aliphatic rings. The van der Waals surface area contributed by atoms with E-state index < -0.39 is 0 Å². The third-order valence-corrected chi connectivity index (χ3v) is 6.45. The van der Waals surface area contributed by atoms with Gasteiger partial charge in [-0.3, -0.25) is 14.5 Å². The maximum Gasteiger partial charge on any atom is 0.259 e. The summed E-state index contributed by atoms with van der Waals surface area (Å²) in [4.78, 5) is 34.1. The summed E-state index contributed by atoms with van der Waals surface area (Å²) in [5.74, 6) is 0.645. The average molecular weight is 499 g/mol. The molecule has 5 rings (SSSR count). The number of nitrogens with one attached hydrogen (secondary N) is 1. The van der Waals surface area contributed by atoms with Gasteiger partial charge in [-0.05, 0) is 56.3 Å². The molecule has 0 bridgehead atoms. The highest BCUT2D eigenvalue weighted by Crippen LogP contribution is 2.24. The molecule has 4 aromatic rings. The Balaban J connectivity index is 1.22. The number of benzene rings is 2. The molecule has 0 unspecified atom stereocenters. The lowest BCUT2D eigenvalue weighted by atomic mass is 10.1. The third-order valence-electron chi connectivity index (χ3n) is 6.45. The van der Waals surface area contributed by atoms with Crippen molar-refractivity contribution in [1.29, 1.82) is 0 Å². The van der Waals surface area contributed by atoms with Gasteiger partial charge in [-0.2, -0.15) is 5.10 Å². The van der Waals surface area contributed by atoms with Crippen LogP contribution >= 0.6 is 0 Å². The van der Waals surface area contributed by atoms with Gasteiger partial charge in [0.2, 0.25) is 5.91 Å². The summed E-state index contributed by atoms with van der Waals surface area (Å²) in [6.45, 7) is 7.17. The van der Waals surface area contributed by atoms with E-state index in [0.29, 0.717) is 50.5 Å². The van der Waals surface area contributed by atoms with Crippen molar-refractivity contribution in [3.8, 4) is 17.0 Å². The Morgan fingerprint density at radius 1 is 0.973 bits per heavy atom. The van der Waals surface area contributed by atoms with Gasteiger partial charge in [-0.25, -0.2) is 9.50 Å². The van der Waals surface area contributed by atoms with E-state index >= 15 is 0 Å². The van der Waals surface area contributed by atoms with E-state index in [2.05, 4.69) is 20.3 Å². The molecule has 0 atom stereocenters. The van der Waals surface area contributed by atoms with Crippen LogP contribution in [0.1, 0.15) is 22.8 Å². The molecular formula is C28H30N6O3. The molecule has 1 N–H and O–H groups in total. The Morgan fingerprint density at radius 3 is 2.41 bits per heavy atom. The van der Waals surface area contributed by atoms with E-state index in [1.165, 1.54) is 0 Å². The largest absolute Gasteiger partial charge is 0.494 e. The minimum Gasteiger partial charge on any atom is -0.494 e. The summed E-state index contributed by atoms with van der Waals surface area (Å²) in [5.41, 5.74) is 4.73. The van der Waals surface area contributed by atoms with Gasteiger partial charge < -0.3 is 15.0 Å². The van der Waals surface area contributed by atoms with E-state index in [4.69, 9.17) is 4.74 Å². The van der Waals surface area contributed by atoms with Crippen molar-refractivity contribution in [2.24, 2.45) is 0 Å². The summed E-state index contributed by atoms with van der Waals surface area (Å²) in [6, 6.07) is 17.4. The highest BCUT2D eigenvalue weighted by atomic mass is 16.5. The van der Waals surface area contributed by atoms with Crippen molar-refractivity contribution < 1.29 is 14.3 Å². The van der Waals surface area contributed by atoms with Crippen molar-refractivity contribution in [2.45, 2.75) is 13.8 Å². The molecule has 3 heterocycles. The first-order valence-corrected chi connectivity index (χ1v) is 12.5. The molecule has 0 radical (unpaired) electrons. The Bertz CT molecular complexity index is 1390. The van der Waals surface area contributed by atoms with E-state index in [9.17, 15) is 9.59 Å². The topological polar surface area (TPSA) is 92.1 Å². The minimum absolute atomic E-state index is 0.0581. The van der Waals surface area contributed by atoms with Crippen molar-refractivity contribution in [2.75, 3.05) is 44.6 Å². The molecule has 2 aromatic heterocycles. The summed E-state index contributed by atoms with van der Waals surface area (Å²) in [6.07, 6.45) is 3.29. The molecule has 9 nitrogen and oxygen atoms in total.